The minimum atomic E-state index is 0.339. The van der Waals surface area contributed by atoms with E-state index in [1.807, 2.05) is 22.7 Å². The van der Waals surface area contributed by atoms with E-state index in [0.717, 1.165) is 6.54 Å². The van der Waals surface area contributed by atoms with Crippen molar-refractivity contribution in [3.05, 3.63) is 56.4 Å². The van der Waals surface area contributed by atoms with E-state index < -0.39 is 0 Å². The van der Waals surface area contributed by atoms with Crippen molar-refractivity contribution in [3.8, 4) is 0 Å². The predicted molar refractivity (Wildman–Crippen MR) is 77.9 cm³/mol. The number of hydrogen-bond donors (Lipinski definition) is 1. The van der Waals surface area contributed by atoms with Gasteiger partial charge in [0.05, 0.1) is 6.04 Å². The molecule has 0 radical (unpaired) electrons. The summed E-state index contributed by atoms with van der Waals surface area (Å²) in [6.07, 6.45) is 2.23. The van der Waals surface area contributed by atoms with Gasteiger partial charge in [0.1, 0.15) is 0 Å². The number of thiophene rings is 2. The molecule has 0 spiro atoms. The van der Waals surface area contributed by atoms with E-state index in [4.69, 9.17) is 0 Å². The van der Waals surface area contributed by atoms with Gasteiger partial charge < -0.3 is 5.32 Å². The van der Waals surface area contributed by atoms with E-state index in [1.165, 1.54) is 15.3 Å². The summed E-state index contributed by atoms with van der Waals surface area (Å²) in [5.74, 6) is 0. The number of hydrogen-bond acceptors (Lipinski definition) is 3. The molecular formula is C14H17NS2. The molecule has 0 unspecified atom stereocenters. The standard InChI is InChI=1S/C14H17NS2/c1-11(2)7-8-15-14(12-5-3-9-16-12)13-6-4-10-17-13/h3-7,9-10,14-15H,8H2,1-2H3. The second-order valence-corrected chi connectivity index (χ2v) is 6.11. The van der Waals surface area contributed by atoms with Crippen molar-refractivity contribution < 1.29 is 0 Å². The number of allylic oxidation sites excluding steroid dienone is 1. The van der Waals surface area contributed by atoms with Crippen LogP contribution in [0.5, 0.6) is 0 Å². The van der Waals surface area contributed by atoms with E-state index in [0.29, 0.717) is 6.04 Å². The molecule has 0 aromatic carbocycles. The topological polar surface area (TPSA) is 12.0 Å². The number of nitrogens with one attached hydrogen (secondary N) is 1. The van der Waals surface area contributed by atoms with Crippen LogP contribution in [0.3, 0.4) is 0 Å². The second kappa shape index (κ2) is 6.15. The van der Waals surface area contributed by atoms with E-state index in [1.54, 1.807) is 0 Å². The lowest BCUT2D eigenvalue weighted by Gasteiger charge is -2.14. The highest BCUT2D eigenvalue weighted by Gasteiger charge is 2.14. The lowest BCUT2D eigenvalue weighted by Crippen LogP contribution is -2.20. The average Bonchev–Trinajstić information content (AvgIpc) is 2.97. The highest BCUT2D eigenvalue weighted by atomic mass is 32.1. The maximum Gasteiger partial charge on any atom is 0.0767 e. The first-order valence-electron chi connectivity index (χ1n) is 5.71. The van der Waals surface area contributed by atoms with Gasteiger partial charge in [0, 0.05) is 16.3 Å². The lowest BCUT2D eigenvalue weighted by molar-refractivity contribution is 0.671. The fourth-order valence-corrected chi connectivity index (χ4v) is 3.34. The molecule has 0 saturated carbocycles. The molecule has 17 heavy (non-hydrogen) atoms. The number of rotatable bonds is 5. The third kappa shape index (κ3) is 3.53. The first kappa shape index (κ1) is 12.6. The van der Waals surface area contributed by atoms with Crippen LogP contribution >= 0.6 is 22.7 Å². The summed E-state index contributed by atoms with van der Waals surface area (Å²) >= 11 is 3.62. The summed E-state index contributed by atoms with van der Waals surface area (Å²) in [7, 11) is 0. The van der Waals surface area contributed by atoms with Crippen molar-refractivity contribution in [2.24, 2.45) is 0 Å². The predicted octanol–water partition coefficient (Wildman–Crippen LogP) is 4.45. The van der Waals surface area contributed by atoms with Gasteiger partial charge in [-0.15, -0.1) is 22.7 Å². The largest absolute Gasteiger partial charge is 0.301 e. The molecule has 0 aliphatic carbocycles. The van der Waals surface area contributed by atoms with Gasteiger partial charge in [0.25, 0.3) is 0 Å². The zero-order valence-electron chi connectivity index (χ0n) is 10.1. The summed E-state index contributed by atoms with van der Waals surface area (Å²) in [6, 6.07) is 8.97. The maximum absolute atomic E-state index is 3.60. The van der Waals surface area contributed by atoms with Crippen LogP contribution in [0.15, 0.2) is 46.7 Å². The van der Waals surface area contributed by atoms with Crippen molar-refractivity contribution >= 4 is 22.7 Å². The molecule has 0 atom stereocenters. The molecule has 0 saturated heterocycles. The van der Waals surface area contributed by atoms with Gasteiger partial charge >= 0.3 is 0 Å². The molecular weight excluding hydrogens is 246 g/mol. The average molecular weight is 263 g/mol. The van der Waals surface area contributed by atoms with Crippen LogP contribution in [-0.4, -0.2) is 6.54 Å². The molecule has 3 heteroatoms. The Morgan fingerprint density at radius 2 is 1.76 bits per heavy atom. The molecule has 0 bridgehead atoms. The Labute approximate surface area is 111 Å². The molecule has 0 amide bonds. The SMILES string of the molecule is CC(C)=CCNC(c1cccs1)c1cccs1. The zero-order valence-corrected chi connectivity index (χ0v) is 11.8. The highest BCUT2D eigenvalue weighted by molar-refractivity contribution is 7.11. The summed E-state index contributed by atoms with van der Waals surface area (Å²) in [6.45, 7) is 5.18. The minimum Gasteiger partial charge on any atom is -0.301 e. The smallest absolute Gasteiger partial charge is 0.0767 e. The quantitative estimate of drug-likeness (QED) is 0.786. The first-order chi connectivity index (χ1) is 8.27. The Balaban J connectivity index is 2.12. The molecule has 2 heterocycles. The Hall–Kier alpha value is -0.900. The van der Waals surface area contributed by atoms with E-state index >= 15 is 0 Å². The first-order valence-corrected chi connectivity index (χ1v) is 7.47. The summed E-state index contributed by atoms with van der Waals surface area (Å²) in [5, 5.41) is 7.88. The van der Waals surface area contributed by atoms with Gasteiger partial charge in [0.15, 0.2) is 0 Å². The summed E-state index contributed by atoms with van der Waals surface area (Å²) in [5.41, 5.74) is 1.36. The Morgan fingerprint density at radius 1 is 1.18 bits per heavy atom. The van der Waals surface area contributed by atoms with Gasteiger partial charge in [-0.1, -0.05) is 23.8 Å². The van der Waals surface area contributed by atoms with Gasteiger partial charge in [-0.3, -0.25) is 0 Å². The minimum absolute atomic E-state index is 0.339. The fraction of sp³-hybridized carbons (Fsp3) is 0.286. The van der Waals surface area contributed by atoms with Crippen molar-refractivity contribution in [3.63, 3.8) is 0 Å². The normalized spacial score (nSPS) is 10.8. The lowest BCUT2D eigenvalue weighted by atomic mass is 10.2. The van der Waals surface area contributed by atoms with E-state index in [-0.39, 0.29) is 0 Å². The monoisotopic (exact) mass is 263 g/mol. The van der Waals surface area contributed by atoms with Gasteiger partial charge in [-0.25, -0.2) is 0 Å². The Bertz CT molecular complexity index is 416. The van der Waals surface area contributed by atoms with E-state index in [9.17, 15) is 0 Å². The zero-order chi connectivity index (χ0) is 12.1. The molecule has 0 aliphatic rings. The van der Waals surface area contributed by atoms with Gasteiger partial charge in [-0.05, 0) is 36.7 Å². The second-order valence-electron chi connectivity index (χ2n) is 4.15. The van der Waals surface area contributed by atoms with Crippen LogP contribution < -0.4 is 5.32 Å². The van der Waals surface area contributed by atoms with Crippen LogP contribution in [0.2, 0.25) is 0 Å². The molecule has 90 valence electrons. The van der Waals surface area contributed by atoms with Crippen molar-refractivity contribution in [1.29, 1.82) is 0 Å². The van der Waals surface area contributed by atoms with Crippen LogP contribution in [0, 0.1) is 0 Å². The highest BCUT2D eigenvalue weighted by Crippen LogP contribution is 2.28. The van der Waals surface area contributed by atoms with Crippen LogP contribution in [0.4, 0.5) is 0 Å². The van der Waals surface area contributed by atoms with Crippen molar-refractivity contribution in [1.82, 2.24) is 5.32 Å². The molecule has 1 N–H and O–H groups in total. The van der Waals surface area contributed by atoms with Crippen LogP contribution in [0.1, 0.15) is 29.6 Å². The third-order valence-electron chi connectivity index (χ3n) is 2.49. The molecule has 2 rings (SSSR count). The Morgan fingerprint density at radius 3 is 2.18 bits per heavy atom. The van der Waals surface area contributed by atoms with Crippen LogP contribution in [-0.2, 0) is 0 Å². The van der Waals surface area contributed by atoms with Crippen LogP contribution in [0.25, 0.3) is 0 Å². The van der Waals surface area contributed by atoms with E-state index in [2.05, 4.69) is 60.3 Å². The molecule has 2 aromatic rings. The fourth-order valence-electron chi connectivity index (χ4n) is 1.63. The Kier molecular flexibility index (Phi) is 4.54. The maximum atomic E-state index is 3.60. The van der Waals surface area contributed by atoms with Gasteiger partial charge in [-0.2, -0.15) is 0 Å². The molecule has 0 aliphatic heterocycles. The van der Waals surface area contributed by atoms with Crippen molar-refractivity contribution in [2.75, 3.05) is 6.54 Å². The molecule has 1 nitrogen and oxygen atoms in total. The summed E-state index contributed by atoms with van der Waals surface area (Å²) < 4.78 is 0. The third-order valence-corrected chi connectivity index (χ3v) is 4.36. The molecule has 0 fully saturated rings. The van der Waals surface area contributed by atoms with Crippen molar-refractivity contribution in [2.45, 2.75) is 19.9 Å². The molecule has 2 aromatic heterocycles. The summed E-state index contributed by atoms with van der Waals surface area (Å²) in [4.78, 5) is 2.77. The van der Waals surface area contributed by atoms with Gasteiger partial charge in [0.2, 0.25) is 0 Å².